The van der Waals surface area contributed by atoms with E-state index in [0.717, 1.165) is 0 Å². The quantitative estimate of drug-likeness (QED) is 0.581. The zero-order valence-corrected chi connectivity index (χ0v) is 21.8. The SMILES string of the molecule is COc1ccc(C(=O)N2C(C(=O)N3CCOCC3)COC23CCN(C(=O)c2ccc4c(c2)OCO4)CC3)cc1. The van der Waals surface area contributed by atoms with Crippen LogP contribution in [0.25, 0.3) is 0 Å². The molecule has 1 spiro atoms. The summed E-state index contributed by atoms with van der Waals surface area (Å²) in [4.78, 5) is 46.0. The van der Waals surface area contributed by atoms with Gasteiger partial charge >= 0.3 is 0 Å². The van der Waals surface area contributed by atoms with Crippen LogP contribution in [0.4, 0.5) is 0 Å². The fraction of sp³-hybridized carbons (Fsp3) is 0.464. The number of fused-ring (bicyclic) bond motifs is 1. The van der Waals surface area contributed by atoms with Crippen LogP contribution in [-0.2, 0) is 14.3 Å². The van der Waals surface area contributed by atoms with E-state index in [1.54, 1.807) is 64.3 Å². The number of hydrogen-bond acceptors (Lipinski definition) is 8. The summed E-state index contributed by atoms with van der Waals surface area (Å²) in [5.74, 6) is 1.25. The summed E-state index contributed by atoms with van der Waals surface area (Å²) in [5, 5.41) is 0. The van der Waals surface area contributed by atoms with E-state index in [1.165, 1.54) is 0 Å². The molecule has 0 saturated carbocycles. The van der Waals surface area contributed by atoms with Gasteiger partial charge in [0.15, 0.2) is 11.5 Å². The van der Waals surface area contributed by atoms with Crippen LogP contribution in [0.3, 0.4) is 0 Å². The molecule has 1 atom stereocenters. The van der Waals surface area contributed by atoms with Crippen molar-refractivity contribution in [3.63, 3.8) is 0 Å². The number of likely N-dealkylation sites (tertiary alicyclic amines) is 1. The highest BCUT2D eigenvalue weighted by atomic mass is 16.7. The maximum atomic E-state index is 14.0. The molecule has 11 heteroatoms. The molecule has 1 unspecified atom stereocenters. The lowest BCUT2D eigenvalue weighted by atomic mass is 9.96. The van der Waals surface area contributed by atoms with E-state index in [0.29, 0.717) is 80.6 Å². The molecular weight excluding hydrogens is 506 g/mol. The van der Waals surface area contributed by atoms with Gasteiger partial charge in [0.05, 0.1) is 26.9 Å². The Hall–Kier alpha value is -3.83. The van der Waals surface area contributed by atoms with Gasteiger partial charge in [-0.3, -0.25) is 19.3 Å². The minimum absolute atomic E-state index is 0.105. The van der Waals surface area contributed by atoms with Crippen molar-refractivity contribution in [1.82, 2.24) is 14.7 Å². The Balaban J connectivity index is 1.23. The zero-order chi connectivity index (χ0) is 27.0. The third-order valence-electron chi connectivity index (χ3n) is 7.88. The van der Waals surface area contributed by atoms with Crippen LogP contribution < -0.4 is 14.2 Å². The molecule has 0 radical (unpaired) electrons. The monoisotopic (exact) mass is 537 g/mol. The second kappa shape index (κ2) is 10.4. The highest BCUT2D eigenvalue weighted by Crippen LogP contribution is 2.40. The predicted octanol–water partition coefficient (Wildman–Crippen LogP) is 1.76. The predicted molar refractivity (Wildman–Crippen MR) is 137 cm³/mol. The molecule has 2 aromatic rings. The Kier molecular flexibility index (Phi) is 6.78. The molecule has 2 aromatic carbocycles. The first-order valence-electron chi connectivity index (χ1n) is 13.2. The molecule has 3 saturated heterocycles. The number of ether oxygens (including phenoxy) is 5. The standard InChI is InChI=1S/C28H31N3O8/c1-35-21-5-2-19(3-6-21)26(33)31-22(27(34)30-12-14-36-15-13-30)17-39-28(31)8-10-29(11-9-28)25(32)20-4-7-23-24(16-20)38-18-37-23/h2-7,16,22H,8-15,17-18H2,1H3. The van der Waals surface area contributed by atoms with Crippen LogP contribution in [-0.4, -0.2) is 104 Å². The molecule has 6 rings (SSSR count). The van der Waals surface area contributed by atoms with Crippen molar-refractivity contribution in [1.29, 1.82) is 0 Å². The fourth-order valence-corrected chi connectivity index (χ4v) is 5.69. The molecule has 206 valence electrons. The molecule has 0 aromatic heterocycles. The van der Waals surface area contributed by atoms with Gasteiger partial charge in [-0.05, 0) is 42.5 Å². The van der Waals surface area contributed by atoms with Crippen molar-refractivity contribution in [2.75, 3.05) is 59.9 Å². The van der Waals surface area contributed by atoms with Crippen molar-refractivity contribution in [2.45, 2.75) is 24.6 Å². The third kappa shape index (κ3) is 4.65. The lowest BCUT2D eigenvalue weighted by Crippen LogP contribution is -2.60. The Labute approximate surface area is 226 Å². The number of piperidine rings is 1. The number of morpholine rings is 1. The van der Waals surface area contributed by atoms with E-state index in [4.69, 9.17) is 23.7 Å². The number of carbonyl (C=O) groups is 3. The summed E-state index contributed by atoms with van der Waals surface area (Å²) >= 11 is 0. The minimum Gasteiger partial charge on any atom is -0.497 e. The van der Waals surface area contributed by atoms with Gasteiger partial charge in [-0.25, -0.2) is 0 Å². The third-order valence-corrected chi connectivity index (χ3v) is 7.88. The normalized spacial score (nSPS) is 21.8. The molecule has 0 aliphatic carbocycles. The maximum Gasteiger partial charge on any atom is 0.256 e. The van der Waals surface area contributed by atoms with Gasteiger partial charge in [0.1, 0.15) is 17.5 Å². The average molecular weight is 538 g/mol. The molecular formula is C28H31N3O8. The first kappa shape index (κ1) is 25.4. The van der Waals surface area contributed by atoms with E-state index in [-0.39, 0.29) is 31.1 Å². The number of nitrogens with zero attached hydrogens (tertiary/aromatic N) is 3. The van der Waals surface area contributed by atoms with Crippen LogP contribution in [0.1, 0.15) is 33.6 Å². The second-order valence-electron chi connectivity index (χ2n) is 9.97. The van der Waals surface area contributed by atoms with Gasteiger partial charge in [0.2, 0.25) is 12.7 Å². The summed E-state index contributed by atoms with van der Waals surface area (Å²) in [6, 6.07) is 11.2. The maximum absolute atomic E-state index is 14.0. The summed E-state index contributed by atoms with van der Waals surface area (Å²) in [6.07, 6.45) is 0.774. The molecule has 3 fully saturated rings. The van der Waals surface area contributed by atoms with Crippen LogP contribution in [0.2, 0.25) is 0 Å². The first-order valence-corrected chi connectivity index (χ1v) is 13.2. The minimum atomic E-state index is -0.991. The molecule has 4 heterocycles. The lowest BCUT2D eigenvalue weighted by molar-refractivity contribution is -0.141. The second-order valence-corrected chi connectivity index (χ2v) is 9.97. The van der Waals surface area contributed by atoms with Gasteiger partial charge in [-0.1, -0.05) is 0 Å². The van der Waals surface area contributed by atoms with Crippen molar-refractivity contribution >= 4 is 17.7 Å². The van der Waals surface area contributed by atoms with Crippen LogP contribution in [0.15, 0.2) is 42.5 Å². The number of hydrogen-bond donors (Lipinski definition) is 0. The molecule has 3 amide bonds. The number of rotatable bonds is 4. The molecule has 11 nitrogen and oxygen atoms in total. The van der Waals surface area contributed by atoms with E-state index >= 15 is 0 Å². The van der Waals surface area contributed by atoms with E-state index in [9.17, 15) is 14.4 Å². The van der Waals surface area contributed by atoms with Crippen LogP contribution in [0, 0.1) is 0 Å². The summed E-state index contributed by atoms with van der Waals surface area (Å²) in [7, 11) is 1.57. The van der Waals surface area contributed by atoms with Gasteiger partial charge in [0.25, 0.3) is 11.8 Å². The van der Waals surface area contributed by atoms with Gasteiger partial charge in [-0.2, -0.15) is 0 Å². The summed E-state index contributed by atoms with van der Waals surface area (Å²) < 4.78 is 27.8. The highest BCUT2D eigenvalue weighted by Gasteiger charge is 2.55. The average Bonchev–Trinajstić information content (AvgIpc) is 3.61. The molecule has 4 aliphatic rings. The largest absolute Gasteiger partial charge is 0.497 e. The van der Waals surface area contributed by atoms with Crippen molar-refractivity contribution in [3.05, 3.63) is 53.6 Å². The molecule has 4 aliphatic heterocycles. The molecule has 39 heavy (non-hydrogen) atoms. The van der Waals surface area contributed by atoms with Gasteiger partial charge in [-0.15, -0.1) is 0 Å². The zero-order valence-electron chi connectivity index (χ0n) is 21.8. The number of benzene rings is 2. The summed E-state index contributed by atoms with van der Waals surface area (Å²) in [5.41, 5.74) is -0.0386. The van der Waals surface area contributed by atoms with Gasteiger partial charge in [0, 0.05) is 50.1 Å². The smallest absolute Gasteiger partial charge is 0.256 e. The fourth-order valence-electron chi connectivity index (χ4n) is 5.69. The number of amides is 3. The van der Waals surface area contributed by atoms with Crippen molar-refractivity contribution in [2.24, 2.45) is 0 Å². The lowest BCUT2D eigenvalue weighted by Gasteiger charge is -2.45. The first-order chi connectivity index (χ1) is 19.0. The Morgan fingerprint density at radius 3 is 2.26 bits per heavy atom. The molecule has 0 N–H and O–H groups in total. The van der Waals surface area contributed by atoms with Crippen molar-refractivity contribution in [3.8, 4) is 17.2 Å². The topological polar surface area (TPSA) is 107 Å². The summed E-state index contributed by atoms with van der Waals surface area (Å²) in [6.45, 7) is 2.88. The van der Waals surface area contributed by atoms with Crippen LogP contribution >= 0.6 is 0 Å². The van der Waals surface area contributed by atoms with Gasteiger partial charge < -0.3 is 33.5 Å². The Morgan fingerprint density at radius 1 is 0.846 bits per heavy atom. The van der Waals surface area contributed by atoms with E-state index in [1.807, 2.05) is 0 Å². The number of carbonyl (C=O) groups excluding carboxylic acids is 3. The molecule has 0 bridgehead atoms. The van der Waals surface area contributed by atoms with Crippen molar-refractivity contribution < 1.29 is 38.1 Å². The highest BCUT2D eigenvalue weighted by molar-refractivity contribution is 5.99. The van der Waals surface area contributed by atoms with E-state index in [2.05, 4.69) is 0 Å². The Bertz CT molecular complexity index is 1250. The van der Waals surface area contributed by atoms with Crippen LogP contribution in [0.5, 0.6) is 17.2 Å². The van der Waals surface area contributed by atoms with E-state index < -0.39 is 11.8 Å². The Morgan fingerprint density at radius 2 is 1.54 bits per heavy atom. The number of methoxy groups -OCH3 is 1.